The molecule has 198 valence electrons. The highest BCUT2D eigenvalue weighted by Crippen LogP contribution is 2.40. The first-order chi connectivity index (χ1) is 17.2. The molecule has 10 nitrogen and oxygen atoms in total. The molecule has 1 amide bonds. The zero-order valence-corrected chi connectivity index (χ0v) is 22.4. The van der Waals surface area contributed by atoms with Gasteiger partial charge in [0.2, 0.25) is 5.91 Å². The fourth-order valence-electron chi connectivity index (χ4n) is 4.55. The van der Waals surface area contributed by atoms with E-state index in [0.717, 1.165) is 21.2 Å². The van der Waals surface area contributed by atoms with Gasteiger partial charge in [-0.3, -0.25) is 10.0 Å². The molecular weight excluding hydrogens is 526 g/mol. The van der Waals surface area contributed by atoms with E-state index in [4.69, 9.17) is 9.94 Å². The maximum atomic E-state index is 13.8. The minimum absolute atomic E-state index is 0.000733. The lowest BCUT2D eigenvalue weighted by atomic mass is 10.1. The molecule has 1 unspecified atom stereocenters. The summed E-state index contributed by atoms with van der Waals surface area (Å²) in [6.45, 7) is 2.61. The highest BCUT2D eigenvalue weighted by Gasteiger charge is 2.44. The summed E-state index contributed by atoms with van der Waals surface area (Å²) in [6.07, 6.45) is 0.446. The summed E-state index contributed by atoms with van der Waals surface area (Å²) < 4.78 is 61.9. The van der Waals surface area contributed by atoms with Crippen LogP contribution in [0.5, 0.6) is 0 Å². The number of rotatable bonds is 7. The number of sulfone groups is 1. The molecule has 2 atom stereocenters. The molecule has 0 saturated carbocycles. The molecule has 4 rings (SSSR count). The van der Waals surface area contributed by atoms with E-state index >= 15 is 0 Å². The van der Waals surface area contributed by atoms with Gasteiger partial charge in [0.1, 0.15) is 0 Å². The first-order valence-corrected chi connectivity index (χ1v) is 15.7. The molecule has 0 radical (unpaired) electrons. The number of benzene rings is 1. The summed E-state index contributed by atoms with van der Waals surface area (Å²) in [5, 5.41) is 6.77. The van der Waals surface area contributed by atoms with E-state index in [1.807, 2.05) is 30.3 Å². The molecule has 2 aromatic rings. The number of nitrogens with one attached hydrogen (secondary N) is 1. The van der Waals surface area contributed by atoms with E-state index in [-0.39, 0.29) is 45.8 Å². The molecule has 0 spiro atoms. The summed E-state index contributed by atoms with van der Waals surface area (Å²) in [7, 11) is -7.93. The average Bonchev–Trinajstić information content (AvgIpc) is 3.32. The molecule has 3 heterocycles. The quantitative estimate of drug-likeness (QED) is 0.393. The molecule has 2 saturated heterocycles. The number of hydrogen-bond acceptors (Lipinski definition) is 8. The second kappa shape index (κ2) is 11.3. The van der Waals surface area contributed by atoms with Gasteiger partial charge in [0, 0.05) is 42.4 Å². The van der Waals surface area contributed by atoms with Crippen LogP contribution in [0, 0.1) is 0 Å². The molecule has 2 aliphatic heterocycles. The zero-order valence-electron chi connectivity index (χ0n) is 20.0. The number of aryl methyl sites for hydroxylation is 1. The van der Waals surface area contributed by atoms with Crippen molar-refractivity contribution in [3.8, 4) is 10.4 Å². The molecular formula is C23H31N3O7S3. The summed E-state index contributed by atoms with van der Waals surface area (Å²) in [4.78, 5) is 13.5. The van der Waals surface area contributed by atoms with Crippen molar-refractivity contribution in [1.29, 1.82) is 0 Å². The van der Waals surface area contributed by atoms with Gasteiger partial charge < -0.3 is 4.74 Å². The largest absolute Gasteiger partial charge is 0.379 e. The van der Waals surface area contributed by atoms with Gasteiger partial charge >= 0.3 is 0 Å². The number of amides is 1. The van der Waals surface area contributed by atoms with Crippen LogP contribution in [0.25, 0.3) is 10.4 Å². The number of hydrogen-bond donors (Lipinski definition) is 2. The minimum atomic E-state index is -3.97. The van der Waals surface area contributed by atoms with Crippen molar-refractivity contribution in [3.63, 3.8) is 0 Å². The van der Waals surface area contributed by atoms with Crippen LogP contribution in [0.15, 0.2) is 36.4 Å². The lowest BCUT2D eigenvalue weighted by Gasteiger charge is -2.32. The van der Waals surface area contributed by atoms with Gasteiger partial charge in [0.25, 0.3) is 10.2 Å². The van der Waals surface area contributed by atoms with Crippen LogP contribution < -0.4 is 5.48 Å². The van der Waals surface area contributed by atoms with E-state index in [9.17, 15) is 21.6 Å². The molecule has 1 aromatic heterocycles. The van der Waals surface area contributed by atoms with Crippen molar-refractivity contribution < 1.29 is 31.6 Å². The Hall–Kier alpha value is -1.87. The Labute approximate surface area is 215 Å². The van der Waals surface area contributed by atoms with Gasteiger partial charge in [-0.1, -0.05) is 31.2 Å². The maximum absolute atomic E-state index is 13.8. The fraction of sp³-hybridized carbons (Fsp3) is 0.522. The third-order valence-corrected chi connectivity index (χ3v) is 12.6. The third-order valence-electron chi connectivity index (χ3n) is 6.66. The monoisotopic (exact) mass is 557 g/mol. The number of nitrogens with zero attached hydrogens (tertiary/aromatic N) is 2. The van der Waals surface area contributed by atoms with Crippen LogP contribution in [-0.2, 0) is 36.0 Å². The van der Waals surface area contributed by atoms with Crippen LogP contribution in [0.4, 0.5) is 0 Å². The van der Waals surface area contributed by atoms with Crippen molar-refractivity contribution in [3.05, 3.63) is 46.8 Å². The number of carbonyl (C=O) groups excluding carboxylic acids is 1. The van der Waals surface area contributed by atoms with Gasteiger partial charge in [0.15, 0.2) is 9.84 Å². The van der Waals surface area contributed by atoms with Gasteiger partial charge in [0.05, 0.1) is 23.7 Å². The first-order valence-electron chi connectivity index (χ1n) is 11.8. The van der Waals surface area contributed by atoms with Gasteiger partial charge in [-0.25, -0.2) is 13.9 Å². The molecule has 2 aliphatic rings. The summed E-state index contributed by atoms with van der Waals surface area (Å²) >= 11 is 1.36. The number of morpholine rings is 1. The fourth-order valence-corrected chi connectivity index (χ4v) is 9.94. The van der Waals surface area contributed by atoms with E-state index in [1.54, 1.807) is 6.07 Å². The number of carbonyl (C=O) groups is 1. The lowest BCUT2D eigenvalue weighted by molar-refractivity contribution is -0.129. The summed E-state index contributed by atoms with van der Waals surface area (Å²) in [6, 6.07) is 11.7. The Balaban J connectivity index is 1.66. The second-order valence-electron chi connectivity index (χ2n) is 8.86. The Morgan fingerprint density at radius 3 is 2.44 bits per heavy atom. The Morgan fingerprint density at radius 1 is 1.11 bits per heavy atom. The topological polar surface area (TPSA) is 133 Å². The smallest absolute Gasteiger partial charge is 0.282 e. The average molecular weight is 558 g/mol. The van der Waals surface area contributed by atoms with E-state index in [2.05, 4.69) is 6.92 Å². The Bertz CT molecular complexity index is 1270. The molecule has 13 heteroatoms. The number of thiophene rings is 1. The van der Waals surface area contributed by atoms with Crippen LogP contribution in [-0.4, -0.2) is 81.2 Å². The molecule has 0 aliphatic carbocycles. The lowest BCUT2D eigenvalue weighted by Crippen LogP contribution is -2.50. The molecule has 2 N–H and O–H groups in total. The van der Waals surface area contributed by atoms with Crippen LogP contribution >= 0.6 is 11.3 Å². The van der Waals surface area contributed by atoms with Crippen molar-refractivity contribution in [2.45, 2.75) is 36.7 Å². The van der Waals surface area contributed by atoms with Crippen molar-refractivity contribution >= 4 is 37.3 Å². The van der Waals surface area contributed by atoms with Crippen LogP contribution in [0.3, 0.4) is 0 Å². The maximum Gasteiger partial charge on any atom is 0.282 e. The summed E-state index contributed by atoms with van der Waals surface area (Å²) in [5.74, 6) is -0.879. The predicted molar refractivity (Wildman–Crippen MR) is 137 cm³/mol. The van der Waals surface area contributed by atoms with Crippen LogP contribution in [0.2, 0.25) is 0 Å². The van der Waals surface area contributed by atoms with Crippen molar-refractivity contribution in [1.82, 2.24) is 14.1 Å². The van der Waals surface area contributed by atoms with Gasteiger partial charge in [-0.2, -0.15) is 17.0 Å². The molecule has 1 aromatic carbocycles. The normalized spacial score (nSPS) is 23.7. The minimum Gasteiger partial charge on any atom is -0.379 e. The van der Waals surface area contributed by atoms with Crippen molar-refractivity contribution in [2.24, 2.45) is 0 Å². The van der Waals surface area contributed by atoms with E-state index < -0.39 is 42.9 Å². The van der Waals surface area contributed by atoms with Crippen molar-refractivity contribution in [2.75, 3.05) is 39.4 Å². The standard InChI is InChI=1S/C23H31N3O7S3/c1-2-17-3-5-18(6-4-17)20-7-8-21(34-20)22-9-10-26(36(31,32)25-11-13-33-14-12-25)16-19(35(22,29)30)15-23(27)24-28/h3-8,19,22,28H,2,9-16H2,1H3,(H,24,27)/t19?,22-/m0/s1. The highest BCUT2D eigenvalue weighted by atomic mass is 32.2. The predicted octanol–water partition coefficient (Wildman–Crippen LogP) is 1.98. The van der Waals surface area contributed by atoms with E-state index in [1.165, 1.54) is 26.7 Å². The molecule has 36 heavy (non-hydrogen) atoms. The molecule has 2 fully saturated rings. The highest BCUT2D eigenvalue weighted by molar-refractivity contribution is 7.92. The van der Waals surface area contributed by atoms with E-state index in [0.29, 0.717) is 4.88 Å². The first kappa shape index (κ1) is 27.2. The Kier molecular flexibility index (Phi) is 8.49. The van der Waals surface area contributed by atoms with Crippen LogP contribution in [0.1, 0.15) is 35.5 Å². The third kappa shape index (κ3) is 5.67. The molecule has 0 bridgehead atoms. The number of hydroxylamine groups is 1. The van der Waals surface area contributed by atoms with Gasteiger partial charge in [-0.05, 0) is 36.1 Å². The van der Waals surface area contributed by atoms with Gasteiger partial charge in [-0.15, -0.1) is 11.3 Å². The summed E-state index contributed by atoms with van der Waals surface area (Å²) in [5.41, 5.74) is 3.66. The second-order valence-corrected chi connectivity index (χ2v) is 14.3. The Morgan fingerprint density at radius 2 is 1.81 bits per heavy atom. The zero-order chi connectivity index (χ0) is 25.9. The number of ether oxygens (including phenoxy) is 1. The SMILES string of the molecule is CCc1ccc(-c2ccc([C@@H]3CCN(S(=O)(=O)N4CCOCC4)CC(CC(=O)NO)S3(=O)=O)s2)cc1.